The number of H-pyrrole nitrogens is 1. The molecule has 1 aromatic heterocycles. The van der Waals surface area contributed by atoms with Crippen LogP contribution in [0.25, 0.3) is 0 Å². The Morgan fingerprint density at radius 2 is 2.00 bits per heavy atom. The van der Waals surface area contributed by atoms with Gasteiger partial charge in [-0.2, -0.15) is 0 Å². The number of aromatic nitrogens is 4. The van der Waals surface area contributed by atoms with Gasteiger partial charge in [0.05, 0.1) is 0 Å². The van der Waals surface area contributed by atoms with Crippen LogP contribution >= 0.6 is 0 Å². The summed E-state index contributed by atoms with van der Waals surface area (Å²) in [5.74, 6) is 0.954. The van der Waals surface area contributed by atoms with Gasteiger partial charge in [0, 0.05) is 5.41 Å². The molecule has 0 radical (unpaired) electrons. The molecule has 12 heavy (non-hydrogen) atoms. The molecule has 1 N–H and O–H groups in total. The van der Waals surface area contributed by atoms with Crippen LogP contribution in [0.1, 0.15) is 39.4 Å². The second-order valence-corrected chi connectivity index (χ2v) is 4.58. The minimum Gasteiger partial charge on any atom is -0.242 e. The molecule has 1 heterocycles. The lowest BCUT2D eigenvalue weighted by molar-refractivity contribution is 0.286. The topological polar surface area (TPSA) is 54.5 Å². The molecule has 1 saturated carbocycles. The molecule has 0 aromatic carbocycles. The third-order valence-electron chi connectivity index (χ3n) is 2.98. The Kier molecular flexibility index (Phi) is 1.32. The zero-order valence-corrected chi connectivity index (χ0v) is 7.76. The van der Waals surface area contributed by atoms with Crippen molar-refractivity contribution < 1.29 is 0 Å². The normalized spacial score (nSPS) is 20.9. The number of rotatable bonds is 1. The molecule has 0 aliphatic heterocycles. The Balaban J connectivity index is 2.35. The van der Waals surface area contributed by atoms with Gasteiger partial charge in [-0.05, 0) is 28.7 Å². The average molecular weight is 166 g/mol. The van der Waals surface area contributed by atoms with Gasteiger partial charge < -0.3 is 0 Å². The third-order valence-corrected chi connectivity index (χ3v) is 2.98. The fourth-order valence-electron chi connectivity index (χ4n) is 1.83. The summed E-state index contributed by atoms with van der Waals surface area (Å²) in [6.45, 7) is 6.72. The van der Waals surface area contributed by atoms with Crippen LogP contribution in [0.4, 0.5) is 0 Å². The number of tetrazole rings is 1. The lowest BCUT2D eigenvalue weighted by atomic mass is 9.77. The van der Waals surface area contributed by atoms with Crippen LogP contribution < -0.4 is 0 Å². The van der Waals surface area contributed by atoms with Crippen molar-refractivity contribution in [3.63, 3.8) is 0 Å². The summed E-state index contributed by atoms with van der Waals surface area (Å²) < 4.78 is 0. The van der Waals surface area contributed by atoms with Gasteiger partial charge in [0.2, 0.25) is 0 Å². The summed E-state index contributed by atoms with van der Waals surface area (Å²) in [5, 5.41) is 14.1. The van der Waals surface area contributed by atoms with Crippen LogP contribution in [-0.2, 0) is 5.41 Å². The van der Waals surface area contributed by atoms with Gasteiger partial charge in [-0.15, -0.1) is 5.10 Å². The maximum absolute atomic E-state index is 4.00. The van der Waals surface area contributed by atoms with Crippen molar-refractivity contribution in [2.45, 2.75) is 39.0 Å². The standard InChI is InChI=1S/C8H14N4/c1-7(2,3)8(4-5-8)6-9-11-12-10-6/h4-5H2,1-3H3,(H,9,10,11,12). The van der Waals surface area contributed by atoms with E-state index in [9.17, 15) is 0 Å². The van der Waals surface area contributed by atoms with Crippen LogP contribution in [0.15, 0.2) is 0 Å². The van der Waals surface area contributed by atoms with E-state index in [0.29, 0.717) is 0 Å². The first-order valence-corrected chi connectivity index (χ1v) is 4.30. The first-order valence-electron chi connectivity index (χ1n) is 4.30. The lowest BCUT2D eigenvalue weighted by Gasteiger charge is -2.27. The highest BCUT2D eigenvalue weighted by atomic mass is 15.5. The van der Waals surface area contributed by atoms with Gasteiger partial charge >= 0.3 is 0 Å². The molecule has 2 rings (SSSR count). The van der Waals surface area contributed by atoms with Crippen LogP contribution in [0.2, 0.25) is 0 Å². The summed E-state index contributed by atoms with van der Waals surface area (Å²) in [6, 6.07) is 0. The minimum atomic E-state index is 0.219. The first-order chi connectivity index (χ1) is 5.56. The quantitative estimate of drug-likeness (QED) is 0.683. The highest BCUT2D eigenvalue weighted by Gasteiger charge is 2.55. The van der Waals surface area contributed by atoms with Gasteiger partial charge in [-0.1, -0.05) is 20.8 Å². The van der Waals surface area contributed by atoms with E-state index >= 15 is 0 Å². The maximum atomic E-state index is 4.00. The molecule has 1 aliphatic rings. The van der Waals surface area contributed by atoms with E-state index in [2.05, 4.69) is 41.4 Å². The monoisotopic (exact) mass is 166 g/mol. The number of hydrogen-bond donors (Lipinski definition) is 1. The Morgan fingerprint density at radius 3 is 2.33 bits per heavy atom. The molecule has 4 nitrogen and oxygen atoms in total. The average Bonchev–Trinajstić information content (AvgIpc) is 2.61. The van der Waals surface area contributed by atoms with Crippen molar-refractivity contribution in [2.24, 2.45) is 5.41 Å². The van der Waals surface area contributed by atoms with Gasteiger partial charge in [-0.25, -0.2) is 5.10 Å². The maximum Gasteiger partial charge on any atom is 0.155 e. The van der Waals surface area contributed by atoms with Crippen LogP contribution in [0.5, 0.6) is 0 Å². The Bertz CT molecular complexity index is 266. The van der Waals surface area contributed by atoms with Crippen molar-refractivity contribution in [1.29, 1.82) is 0 Å². The highest BCUT2D eigenvalue weighted by Crippen LogP contribution is 2.58. The summed E-state index contributed by atoms with van der Waals surface area (Å²) in [6.07, 6.45) is 2.40. The van der Waals surface area contributed by atoms with E-state index < -0.39 is 0 Å². The Morgan fingerprint density at radius 1 is 1.33 bits per heavy atom. The number of nitrogens with one attached hydrogen (secondary N) is 1. The molecule has 0 saturated heterocycles. The van der Waals surface area contributed by atoms with Crippen LogP contribution in [0, 0.1) is 5.41 Å². The van der Waals surface area contributed by atoms with E-state index in [1.807, 2.05) is 0 Å². The number of hydrogen-bond acceptors (Lipinski definition) is 3. The van der Waals surface area contributed by atoms with E-state index in [0.717, 1.165) is 5.82 Å². The molecule has 1 aliphatic carbocycles. The second-order valence-electron chi connectivity index (χ2n) is 4.58. The zero-order chi connectivity index (χ0) is 8.82. The molecule has 0 atom stereocenters. The van der Waals surface area contributed by atoms with Crippen LogP contribution in [-0.4, -0.2) is 20.6 Å². The van der Waals surface area contributed by atoms with Crippen LogP contribution in [0.3, 0.4) is 0 Å². The van der Waals surface area contributed by atoms with Crippen molar-refractivity contribution >= 4 is 0 Å². The van der Waals surface area contributed by atoms with E-state index in [1.165, 1.54) is 12.8 Å². The summed E-state index contributed by atoms with van der Waals surface area (Å²) in [7, 11) is 0. The number of nitrogens with zero attached hydrogens (tertiary/aromatic N) is 3. The predicted molar refractivity (Wildman–Crippen MR) is 44.5 cm³/mol. The van der Waals surface area contributed by atoms with E-state index in [-0.39, 0.29) is 10.8 Å². The van der Waals surface area contributed by atoms with Gasteiger partial charge in [0.15, 0.2) is 5.82 Å². The van der Waals surface area contributed by atoms with Crippen molar-refractivity contribution in [2.75, 3.05) is 0 Å². The van der Waals surface area contributed by atoms with Crippen molar-refractivity contribution in [3.05, 3.63) is 5.82 Å². The molecular formula is C8H14N4. The molecule has 0 spiro atoms. The highest BCUT2D eigenvalue weighted by molar-refractivity contribution is 5.20. The third kappa shape index (κ3) is 0.869. The lowest BCUT2D eigenvalue weighted by Crippen LogP contribution is -2.27. The summed E-state index contributed by atoms with van der Waals surface area (Å²) in [4.78, 5) is 0. The van der Waals surface area contributed by atoms with Gasteiger partial charge in [0.25, 0.3) is 0 Å². The molecule has 0 unspecified atom stereocenters. The van der Waals surface area contributed by atoms with E-state index in [4.69, 9.17) is 0 Å². The fourth-order valence-corrected chi connectivity index (χ4v) is 1.83. The molecule has 0 amide bonds. The Labute approximate surface area is 71.8 Å². The second kappa shape index (κ2) is 2.06. The van der Waals surface area contributed by atoms with Gasteiger partial charge in [0.1, 0.15) is 0 Å². The smallest absolute Gasteiger partial charge is 0.155 e. The molecule has 4 heteroatoms. The number of aromatic amines is 1. The summed E-state index contributed by atoms with van der Waals surface area (Å²) >= 11 is 0. The molecule has 1 aromatic rings. The summed E-state index contributed by atoms with van der Waals surface area (Å²) in [5.41, 5.74) is 0.477. The van der Waals surface area contributed by atoms with E-state index in [1.54, 1.807) is 0 Å². The Hall–Kier alpha value is -0.930. The van der Waals surface area contributed by atoms with Gasteiger partial charge in [-0.3, -0.25) is 0 Å². The van der Waals surface area contributed by atoms with Crippen molar-refractivity contribution in [3.8, 4) is 0 Å². The largest absolute Gasteiger partial charge is 0.242 e. The van der Waals surface area contributed by atoms with Crippen molar-refractivity contribution in [1.82, 2.24) is 20.6 Å². The minimum absolute atomic E-state index is 0.219. The predicted octanol–water partition coefficient (Wildman–Crippen LogP) is 1.28. The molecular weight excluding hydrogens is 152 g/mol. The molecule has 1 fully saturated rings. The zero-order valence-electron chi connectivity index (χ0n) is 7.76. The molecule has 66 valence electrons. The SMILES string of the molecule is CC(C)(C)C1(c2nnn[nH]2)CC1. The first kappa shape index (κ1) is 7.71. The fraction of sp³-hybridized carbons (Fsp3) is 0.875. The molecule has 0 bridgehead atoms.